The molecule has 1 aromatic heterocycles. The maximum Gasteiger partial charge on any atom is 0.285 e. The number of terminal acetylenes is 1. The van der Waals surface area contributed by atoms with Crippen LogP contribution in [0.15, 0.2) is 56.2 Å². The van der Waals surface area contributed by atoms with E-state index in [1.807, 2.05) is 18.2 Å². The van der Waals surface area contributed by atoms with Gasteiger partial charge in [-0.25, -0.2) is 0 Å². The van der Waals surface area contributed by atoms with Crippen molar-refractivity contribution in [3.63, 3.8) is 0 Å². The first-order valence-electron chi connectivity index (χ1n) is 7.12. The third-order valence-corrected chi connectivity index (χ3v) is 6.38. The number of methoxy groups -OCH3 is 1. The highest BCUT2D eigenvalue weighted by molar-refractivity contribution is 9.10. The van der Waals surface area contributed by atoms with Crippen LogP contribution in [-0.2, 0) is 16.6 Å². The summed E-state index contributed by atoms with van der Waals surface area (Å²) in [6.45, 7) is 0.235. The maximum atomic E-state index is 12.6. The highest BCUT2D eigenvalue weighted by atomic mass is 79.9. The predicted octanol–water partition coefficient (Wildman–Crippen LogP) is 3.40. The zero-order chi connectivity index (χ0) is 18.0. The molecule has 0 aliphatic rings. The predicted molar refractivity (Wildman–Crippen MR) is 102 cm³/mol. The minimum atomic E-state index is -3.86. The molecule has 0 saturated carbocycles. The number of rotatable bonds is 4. The first-order valence-corrected chi connectivity index (χ1v) is 10.2. The lowest BCUT2D eigenvalue weighted by Crippen LogP contribution is -2.16. The lowest BCUT2D eigenvalue weighted by Gasteiger charge is -2.02. The molecular formula is C17H13BrN2O3S2. The van der Waals surface area contributed by atoms with Gasteiger partial charge < -0.3 is 9.30 Å². The molecule has 0 fully saturated rings. The summed E-state index contributed by atoms with van der Waals surface area (Å²) in [7, 11) is -2.34. The number of nitrogens with zero attached hydrogens (tertiary/aromatic N) is 2. The van der Waals surface area contributed by atoms with E-state index < -0.39 is 10.0 Å². The Morgan fingerprint density at radius 3 is 2.64 bits per heavy atom. The minimum Gasteiger partial charge on any atom is -0.497 e. The molecule has 3 aromatic rings. The molecule has 0 spiro atoms. The molecule has 5 nitrogen and oxygen atoms in total. The molecule has 8 heteroatoms. The van der Waals surface area contributed by atoms with Crippen LogP contribution in [0.5, 0.6) is 5.75 Å². The van der Waals surface area contributed by atoms with Gasteiger partial charge in [0, 0.05) is 4.47 Å². The fourth-order valence-corrected chi connectivity index (χ4v) is 5.05. The van der Waals surface area contributed by atoms with Gasteiger partial charge in [0.15, 0.2) is 0 Å². The molecule has 0 amide bonds. The quantitative estimate of drug-likeness (QED) is 0.588. The number of hydrogen-bond acceptors (Lipinski definition) is 4. The largest absolute Gasteiger partial charge is 0.497 e. The summed E-state index contributed by atoms with van der Waals surface area (Å²) < 4.78 is 37.8. The second kappa shape index (κ2) is 7.04. The van der Waals surface area contributed by atoms with Gasteiger partial charge in [-0.3, -0.25) is 0 Å². The molecular weight excluding hydrogens is 424 g/mol. The first-order chi connectivity index (χ1) is 11.9. The average Bonchev–Trinajstić information content (AvgIpc) is 2.91. The van der Waals surface area contributed by atoms with E-state index in [2.05, 4.69) is 26.2 Å². The smallest absolute Gasteiger partial charge is 0.285 e. The maximum absolute atomic E-state index is 12.6. The summed E-state index contributed by atoms with van der Waals surface area (Å²) >= 11 is 4.69. The first kappa shape index (κ1) is 17.7. The Hall–Kier alpha value is -2.08. The fraction of sp³-hybridized carbons (Fsp3) is 0.118. The topological polar surface area (TPSA) is 60.7 Å². The molecule has 25 heavy (non-hydrogen) atoms. The Bertz CT molecular complexity index is 1140. The Balaban J connectivity index is 2.19. The van der Waals surface area contributed by atoms with Gasteiger partial charge in [-0.2, -0.15) is 8.42 Å². The number of ether oxygens (including phenoxy) is 1. The van der Waals surface area contributed by atoms with Crippen LogP contribution in [0, 0.1) is 12.3 Å². The lowest BCUT2D eigenvalue weighted by molar-refractivity contribution is 0.414. The summed E-state index contributed by atoms with van der Waals surface area (Å²) in [5.41, 5.74) is 0.842. The Kier molecular flexibility index (Phi) is 4.99. The van der Waals surface area contributed by atoms with Crippen molar-refractivity contribution >= 4 is 47.5 Å². The molecule has 0 aliphatic carbocycles. The summed E-state index contributed by atoms with van der Waals surface area (Å²) in [6.07, 6.45) is 5.44. The van der Waals surface area contributed by atoms with E-state index in [1.54, 1.807) is 16.7 Å². The summed E-state index contributed by atoms with van der Waals surface area (Å²) in [6, 6.07) is 11.8. The molecule has 0 N–H and O–H groups in total. The van der Waals surface area contributed by atoms with E-state index in [0.29, 0.717) is 10.6 Å². The zero-order valence-corrected chi connectivity index (χ0v) is 16.4. The monoisotopic (exact) mass is 436 g/mol. The Morgan fingerprint density at radius 2 is 2.00 bits per heavy atom. The normalized spacial score (nSPS) is 12.3. The summed E-state index contributed by atoms with van der Waals surface area (Å²) in [4.78, 5) is 0.432. The number of thiazole rings is 1. The molecule has 0 aliphatic heterocycles. The van der Waals surface area contributed by atoms with Gasteiger partial charge in [0.2, 0.25) is 4.80 Å². The molecule has 3 rings (SSSR count). The van der Waals surface area contributed by atoms with Crippen LogP contribution < -0.4 is 9.54 Å². The number of hydrogen-bond donors (Lipinski definition) is 0. The molecule has 0 radical (unpaired) electrons. The second-order valence-corrected chi connectivity index (χ2v) is 8.56. The van der Waals surface area contributed by atoms with Crippen LogP contribution in [0.4, 0.5) is 0 Å². The van der Waals surface area contributed by atoms with Crippen LogP contribution in [0.1, 0.15) is 0 Å². The number of benzene rings is 2. The number of sulfonamides is 1. The average molecular weight is 437 g/mol. The van der Waals surface area contributed by atoms with Crippen LogP contribution >= 0.6 is 27.3 Å². The van der Waals surface area contributed by atoms with Gasteiger partial charge in [0.25, 0.3) is 10.0 Å². The van der Waals surface area contributed by atoms with Crippen molar-refractivity contribution in [2.24, 2.45) is 4.40 Å². The zero-order valence-electron chi connectivity index (χ0n) is 13.1. The van der Waals surface area contributed by atoms with Crippen LogP contribution in [-0.4, -0.2) is 20.1 Å². The van der Waals surface area contributed by atoms with E-state index in [0.717, 1.165) is 14.7 Å². The Labute approximate surface area is 157 Å². The van der Waals surface area contributed by atoms with Gasteiger partial charge in [-0.15, -0.1) is 10.8 Å². The molecule has 1 heterocycles. The second-order valence-electron chi connectivity index (χ2n) is 5.03. The van der Waals surface area contributed by atoms with Gasteiger partial charge in [-0.05, 0) is 42.5 Å². The van der Waals surface area contributed by atoms with Crippen molar-refractivity contribution in [3.05, 3.63) is 51.7 Å². The van der Waals surface area contributed by atoms with Crippen molar-refractivity contribution in [2.45, 2.75) is 11.4 Å². The minimum absolute atomic E-state index is 0.0965. The van der Waals surface area contributed by atoms with E-state index in [-0.39, 0.29) is 11.4 Å². The lowest BCUT2D eigenvalue weighted by atomic mass is 10.3. The highest BCUT2D eigenvalue weighted by Crippen LogP contribution is 2.23. The number of fused-ring (bicyclic) bond motifs is 1. The molecule has 0 unspecified atom stereocenters. The molecule has 0 bridgehead atoms. The van der Waals surface area contributed by atoms with Gasteiger partial charge in [0.05, 0.1) is 28.8 Å². The number of aromatic nitrogens is 1. The summed E-state index contributed by atoms with van der Waals surface area (Å²) in [5.74, 6) is 3.12. The van der Waals surface area contributed by atoms with Crippen molar-refractivity contribution < 1.29 is 13.2 Å². The van der Waals surface area contributed by atoms with Crippen LogP contribution in [0.3, 0.4) is 0 Å². The van der Waals surface area contributed by atoms with Crippen molar-refractivity contribution in [3.8, 4) is 18.1 Å². The van der Waals surface area contributed by atoms with Gasteiger partial charge in [0.1, 0.15) is 5.75 Å². The third kappa shape index (κ3) is 3.63. The van der Waals surface area contributed by atoms with Crippen molar-refractivity contribution in [2.75, 3.05) is 7.11 Å². The SMILES string of the molecule is C#CCn1c(=NS(=O)(=O)c2ccc(OC)cc2)sc2cc(Br)ccc21. The van der Waals surface area contributed by atoms with Crippen molar-refractivity contribution in [1.29, 1.82) is 0 Å². The Morgan fingerprint density at radius 1 is 1.28 bits per heavy atom. The van der Waals surface area contributed by atoms with Crippen LogP contribution in [0.25, 0.3) is 10.2 Å². The highest BCUT2D eigenvalue weighted by Gasteiger charge is 2.15. The van der Waals surface area contributed by atoms with E-state index in [9.17, 15) is 8.42 Å². The van der Waals surface area contributed by atoms with Crippen LogP contribution in [0.2, 0.25) is 0 Å². The third-order valence-electron chi connectivity index (χ3n) is 3.45. The number of halogens is 1. The van der Waals surface area contributed by atoms with E-state index in [4.69, 9.17) is 11.2 Å². The summed E-state index contributed by atoms with van der Waals surface area (Å²) in [5, 5.41) is 0. The molecule has 2 aromatic carbocycles. The van der Waals surface area contributed by atoms with Gasteiger partial charge >= 0.3 is 0 Å². The van der Waals surface area contributed by atoms with E-state index >= 15 is 0 Å². The standard InChI is InChI=1S/C17H13BrN2O3S2/c1-3-10-20-15-9-4-12(18)11-16(15)24-17(20)19-25(21,22)14-7-5-13(23-2)6-8-14/h1,4-9,11H,10H2,2H3. The van der Waals surface area contributed by atoms with Gasteiger partial charge in [-0.1, -0.05) is 33.2 Å². The molecule has 0 saturated heterocycles. The fourth-order valence-electron chi connectivity index (χ4n) is 2.26. The van der Waals surface area contributed by atoms with Crippen molar-refractivity contribution in [1.82, 2.24) is 4.57 Å². The molecule has 0 atom stereocenters. The molecule has 128 valence electrons. The van der Waals surface area contributed by atoms with E-state index in [1.165, 1.54) is 30.6 Å².